The van der Waals surface area contributed by atoms with Crippen LogP contribution in [0.5, 0.6) is 0 Å². The minimum absolute atomic E-state index is 0.0167. The fourth-order valence-electron chi connectivity index (χ4n) is 3.32. The molecule has 1 aliphatic heterocycles. The number of aromatic nitrogens is 2. The maximum Gasteiger partial charge on any atom is 0.257 e. The van der Waals surface area contributed by atoms with Crippen LogP contribution in [0.1, 0.15) is 35.7 Å². The smallest absolute Gasteiger partial charge is 0.257 e. The van der Waals surface area contributed by atoms with E-state index >= 15 is 0 Å². The van der Waals surface area contributed by atoms with E-state index in [1.54, 1.807) is 12.1 Å². The molecule has 0 saturated heterocycles. The van der Waals surface area contributed by atoms with E-state index < -0.39 is 0 Å². The van der Waals surface area contributed by atoms with Crippen molar-refractivity contribution in [2.24, 2.45) is 0 Å². The lowest BCUT2D eigenvalue weighted by atomic mass is 10.0. The molecule has 2 heterocycles. The highest BCUT2D eigenvalue weighted by molar-refractivity contribution is 6.05. The van der Waals surface area contributed by atoms with Crippen LogP contribution < -0.4 is 10.6 Å². The van der Waals surface area contributed by atoms with Gasteiger partial charge in [-0.15, -0.1) is 0 Å². The molecule has 1 aromatic heterocycles. The number of fused-ring (bicyclic) bond motifs is 2. The van der Waals surface area contributed by atoms with E-state index in [0.717, 1.165) is 35.2 Å². The Kier molecular flexibility index (Phi) is 4.16. The number of nitrogens with one attached hydrogen (secondary N) is 2. The van der Waals surface area contributed by atoms with Crippen LogP contribution in [0.3, 0.4) is 0 Å². The molecular formula is C20H20N4O2. The molecular weight excluding hydrogens is 328 g/mol. The molecule has 0 fully saturated rings. The number of anilines is 2. The van der Waals surface area contributed by atoms with Crippen LogP contribution in [-0.4, -0.2) is 21.4 Å². The van der Waals surface area contributed by atoms with Gasteiger partial charge in [0.2, 0.25) is 11.9 Å². The number of carbonyl (C=O) groups is 2. The van der Waals surface area contributed by atoms with E-state index in [2.05, 4.69) is 22.5 Å². The summed E-state index contributed by atoms with van der Waals surface area (Å²) in [6.07, 6.45) is 2.04. The minimum Gasteiger partial charge on any atom is -0.326 e. The zero-order chi connectivity index (χ0) is 18.1. The number of nitrogens with zero attached hydrogens (tertiary/aromatic N) is 2. The number of para-hydroxylation sites is 2. The van der Waals surface area contributed by atoms with Gasteiger partial charge in [-0.25, -0.2) is 4.98 Å². The van der Waals surface area contributed by atoms with E-state index in [1.807, 2.05) is 34.9 Å². The number of aryl methyl sites for hydroxylation is 2. The van der Waals surface area contributed by atoms with Gasteiger partial charge in [-0.1, -0.05) is 19.1 Å². The molecule has 0 unspecified atom stereocenters. The van der Waals surface area contributed by atoms with Crippen molar-refractivity contribution in [1.29, 1.82) is 0 Å². The maximum absolute atomic E-state index is 12.7. The summed E-state index contributed by atoms with van der Waals surface area (Å²) in [4.78, 5) is 28.8. The Bertz CT molecular complexity index is 1010. The zero-order valence-electron chi connectivity index (χ0n) is 14.6. The third kappa shape index (κ3) is 2.94. The largest absolute Gasteiger partial charge is 0.326 e. The molecule has 6 nitrogen and oxygen atoms in total. The molecule has 3 aromatic rings. The SMILES string of the molecule is CCCn1c(NC(=O)c2ccc3c(c2)CCC(=O)N3)nc2ccccc21. The van der Waals surface area contributed by atoms with Gasteiger partial charge in [-0.05, 0) is 48.7 Å². The summed E-state index contributed by atoms with van der Waals surface area (Å²) >= 11 is 0. The van der Waals surface area contributed by atoms with Crippen LogP contribution in [0.4, 0.5) is 11.6 Å². The maximum atomic E-state index is 12.7. The molecule has 4 rings (SSSR count). The molecule has 0 atom stereocenters. The standard InChI is InChI=1S/C20H20N4O2/c1-2-11-24-17-6-4-3-5-16(17)22-20(24)23-19(26)14-7-9-15-13(12-14)8-10-18(25)21-15/h3-7,9,12H,2,8,10-11H2,1H3,(H,21,25)(H,22,23,26). The number of hydrogen-bond acceptors (Lipinski definition) is 3. The summed E-state index contributed by atoms with van der Waals surface area (Å²) in [7, 11) is 0. The van der Waals surface area contributed by atoms with Crippen molar-refractivity contribution >= 4 is 34.5 Å². The summed E-state index contributed by atoms with van der Waals surface area (Å²) in [5.41, 5.74) is 4.22. The second kappa shape index (κ2) is 6.63. The van der Waals surface area contributed by atoms with Crippen molar-refractivity contribution in [3.63, 3.8) is 0 Å². The average molecular weight is 348 g/mol. The fourth-order valence-corrected chi connectivity index (χ4v) is 3.32. The van der Waals surface area contributed by atoms with Gasteiger partial charge in [0.05, 0.1) is 11.0 Å². The first-order valence-electron chi connectivity index (χ1n) is 8.85. The molecule has 2 N–H and O–H groups in total. The second-order valence-electron chi connectivity index (χ2n) is 6.45. The van der Waals surface area contributed by atoms with E-state index in [1.165, 1.54) is 0 Å². The Labute approximate surface area is 151 Å². The van der Waals surface area contributed by atoms with Crippen molar-refractivity contribution in [3.05, 3.63) is 53.6 Å². The molecule has 0 aliphatic carbocycles. The second-order valence-corrected chi connectivity index (χ2v) is 6.45. The Morgan fingerprint density at radius 1 is 1.23 bits per heavy atom. The van der Waals surface area contributed by atoms with Crippen molar-refractivity contribution in [3.8, 4) is 0 Å². The predicted octanol–water partition coefficient (Wildman–Crippen LogP) is 3.58. The molecule has 0 radical (unpaired) electrons. The van der Waals surface area contributed by atoms with Crippen LogP contribution in [0.2, 0.25) is 0 Å². The molecule has 132 valence electrons. The summed E-state index contributed by atoms with van der Waals surface area (Å²) in [5, 5.41) is 5.77. The first-order chi connectivity index (χ1) is 12.7. The third-order valence-corrected chi connectivity index (χ3v) is 4.59. The summed E-state index contributed by atoms with van der Waals surface area (Å²) in [6, 6.07) is 13.2. The van der Waals surface area contributed by atoms with Crippen molar-refractivity contribution in [1.82, 2.24) is 9.55 Å². The number of benzene rings is 2. The summed E-state index contributed by atoms with van der Waals surface area (Å²) < 4.78 is 2.03. The summed E-state index contributed by atoms with van der Waals surface area (Å²) in [5.74, 6) is 0.379. The van der Waals surface area contributed by atoms with Gasteiger partial charge in [0.15, 0.2) is 0 Å². The van der Waals surface area contributed by atoms with Crippen LogP contribution in [0.25, 0.3) is 11.0 Å². The van der Waals surface area contributed by atoms with Gasteiger partial charge >= 0.3 is 0 Å². The van der Waals surface area contributed by atoms with Gasteiger partial charge in [-0.2, -0.15) is 0 Å². The van der Waals surface area contributed by atoms with Crippen LogP contribution in [0, 0.1) is 0 Å². The number of imidazole rings is 1. The normalized spacial score (nSPS) is 13.3. The molecule has 26 heavy (non-hydrogen) atoms. The van der Waals surface area contributed by atoms with Gasteiger partial charge < -0.3 is 9.88 Å². The lowest BCUT2D eigenvalue weighted by molar-refractivity contribution is -0.116. The van der Waals surface area contributed by atoms with Crippen molar-refractivity contribution in [2.75, 3.05) is 10.6 Å². The molecule has 0 spiro atoms. The first-order valence-corrected chi connectivity index (χ1v) is 8.85. The highest BCUT2D eigenvalue weighted by atomic mass is 16.2. The van der Waals surface area contributed by atoms with Crippen LogP contribution in [0.15, 0.2) is 42.5 Å². The quantitative estimate of drug-likeness (QED) is 0.756. The van der Waals surface area contributed by atoms with Crippen molar-refractivity contribution in [2.45, 2.75) is 32.7 Å². The number of rotatable bonds is 4. The zero-order valence-corrected chi connectivity index (χ0v) is 14.6. The fraction of sp³-hybridized carbons (Fsp3) is 0.250. The first kappa shape index (κ1) is 16.3. The minimum atomic E-state index is -0.197. The molecule has 1 aliphatic rings. The number of amides is 2. The van der Waals surface area contributed by atoms with Gasteiger partial charge in [0.1, 0.15) is 0 Å². The monoisotopic (exact) mass is 348 g/mol. The topological polar surface area (TPSA) is 76.0 Å². The van der Waals surface area contributed by atoms with Crippen LogP contribution >= 0.6 is 0 Å². The Hall–Kier alpha value is -3.15. The molecule has 2 aromatic carbocycles. The highest BCUT2D eigenvalue weighted by Crippen LogP contribution is 2.25. The lowest BCUT2D eigenvalue weighted by Gasteiger charge is -2.17. The third-order valence-electron chi connectivity index (χ3n) is 4.59. The van der Waals surface area contributed by atoms with Gasteiger partial charge in [0, 0.05) is 24.2 Å². The Morgan fingerprint density at radius 3 is 2.92 bits per heavy atom. The van der Waals surface area contributed by atoms with E-state index in [4.69, 9.17) is 0 Å². The molecule has 0 bridgehead atoms. The molecule has 6 heteroatoms. The van der Waals surface area contributed by atoms with Gasteiger partial charge in [0.25, 0.3) is 5.91 Å². The van der Waals surface area contributed by atoms with E-state index in [9.17, 15) is 9.59 Å². The number of carbonyl (C=O) groups excluding carboxylic acids is 2. The average Bonchev–Trinajstić information content (AvgIpc) is 2.99. The summed E-state index contributed by atoms with van der Waals surface area (Å²) in [6.45, 7) is 2.88. The Morgan fingerprint density at radius 2 is 2.08 bits per heavy atom. The predicted molar refractivity (Wildman–Crippen MR) is 101 cm³/mol. The van der Waals surface area contributed by atoms with E-state index in [0.29, 0.717) is 24.4 Å². The van der Waals surface area contributed by atoms with Crippen molar-refractivity contribution < 1.29 is 9.59 Å². The lowest BCUT2D eigenvalue weighted by Crippen LogP contribution is -2.20. The Balaban J connectivity index is 1.63. The molecule has 0 saturated carbocycles. The van der Waals surface area contributed by atoms with Crippen LogP contribution in [-0.2, 0) is 17.8 Å². The number of hydrogen-bond donors (Lipinski definition) is 2. The highest BCUT2D eigenvalue weighted by Gasteiger charge is 2.18. The van der Waals surface area contributed by atoms with Gasteiger partial charge in [-0.3, -0.25) is 14.9 Å². The van der Waals surface area contributed by atoms with E-state index in [-0.39, 0.29) is 11.8 Å². The molecule has 2 amide bonds.